The highest BCUT2D eigenvalue weighted by molar-refractivity contribution is 5.89. The first-order chi connectivity index (χ1) is 7.24. The second kappa shape index (κ2) is 3.69. The summed E-state index contributed by atoms with van der Waals surface area (Å²) in [6.07, 6.45) is 0.844. The number of aromatic nitrogens is 1. The van der Waals surface area contributed by atoms with Crippen LogP contribution < -0.4 is 4.74 Å². The SMILES string of the molecule is COc1ccc2cc(C=O)cc(C)c2n1. The van der Waals surface area contributed by atoms with E-state index in [-0.39, 0.29) is 0 Å². The van der Waals surface area contributed by atoms with Gasteiger partial charge in [-0.15, -0.1) is 0 Å². The summed E-state index contributed by atoms with van der Waals surface area (Å²) in [6.45, 7) is 1.93. The van der Waals surface area contributed by atoms with Crippen LogP contribution in [0.3, 0.4) is 0 Å². The van der Waals surface area contributed by atoms with Gasteiger partial charge in [-0.1, -0.05) is 0 Å². The van der Waals surface area contributed by atoms with Gasteiger partial charge in [0.25, 0.3) is 0 Å². The lowest BCUT2D eigenvalue weighted by Gasteiger charge is -2.04. The van der Waals surface area contributed by atoms with Gasteiger partial charge in [-0.05, 0) is 30.7 Å². The van der Waals surface area contributed by atoms with Crippen molar-refractivity contribution in [2.45, 2.75) is 6.92 Å². The third-order valence-electron chi connectivity index (χ3n) is 2.32. The second-order valence-corrected chi connectivity index (χ2v) is 3.38. The number of aryl methyl sites for hydroxylation is 1. The molecule has 0 aliphatic rings. The summed E-state index contributed by atoms with van der Waals surface area (Å²) in [7, 11) is 1.59. The molecule has 0 fully saturated rings. The lowest BCUT2D eigenvalue weighted by atomic mass is 10.1. The first kappa shape index (κ1) is 9.65. The van der Waals surface area contributed by atoms with Crippen LogP contribution in [-0.4, -0.2) is 18.4 Å². The van der Waals surface area contributed by atoms with Crippen molar-refractivity contribution in [3.8, 4) is 5.88 Å². The molecular weight excluding hydrogens is 190 g/mol. The highest BCUT2D eigenvalue weighted by atomic mass is 16.5. The predicted octanol–water partition coefficient (Wildman–Crippen LogP) is 2.36. The number of nitrogens with zero attached hydrogens (tertiary/aromatic N) is 1. The number of ether oxygens (including phenoxy) is 1. The third-order valence-corrected chi connectivity index (χ3v) is 2.32. The molecule has 3 nitrogen and oxygen atoms in total. The molecule has 0 saturated carbocycles. The lowest BCUT2D eigenvalue weighted by molar-refractivity contribution is 0.112. The van der Waals surface area contributed by atoms with Crippen molar-refractivity contribution in [3.05, 3.63) is 35.4 Å². The number of rotatable bonds is 2. The molecule has 15 heavy (non-hydrogen) atoms. The van der Waals surface area contributed by atoms with Crippen molar-refractivity contribution in [1.29, 1.82) is 0 Å². The van der Waals surface area contributed by atoms with Crippen molar-refractivity contribution in [1.82, 2.24) is 4.98 Å². The number of hydrogen-bond donors (Lipinski definition) is 0. The average Bonchev–Trinajstić information content (AvgIpc) is 2.28. The molecule has 0 bridgehead atoms. The Morgan fingerprint density at radius 2 is 2.13 bits per heavy atom. The van der Waals surface area contributed by atoms with Gasteiger partial charge in [0, 0.05) is 17.0 Å². The van der Waals surface area contributed by atoms with Crippen LogP contribution in [-0.2, 0) is 0 Å². The molecule has 1 aromatic heterocycles. The Morgan fingerprint density at radius 3 is 2.80 bits per heavy atom. The maximum Gasteiger partial charge on any atom is 0.213 e. The van der Waals surface area contributed by atoms with Gasteiger partial charge >= 0.3 is 0 Å². The van der Waals surface area contributed by atoms with Crippen molar-refractivity contribution in [2.75, 3.05) is 7.11 Å². The molecule has 0 unspecified atom stereocenters. The fourth-order valence-electron chi connectivity index (χ4n) is 1.61. The van der Waals surface area contributed by atoms with E-state index in [1.807, 2.05) is 25.1 Å². The van der Waals surface area contributed by atoms with Crippen LogP contribution in [0.1, 0.15) is 15.9 Å². The van der Waals surface area contributed by atoms with Gasteiger partial charge in [0.2, 0.25) is 5.88 Å². The number of aldehydes is 1. The minimum Gasteiger partial charge on any atom is -0.481 e. The predicted molar refractivity (Wildman–Crippen MR) is 58.4 cm³/mol. The van der Waals surface area contributed by atoms with E-state index < -0.39 is 0 Å². The fourth-order valence-corrected chi connectivity index (χ4v) is 1.61. The number of hydrogen-bond acceptors (Lipinski definition) is 3. The molecule has 3 heteroatoms. The smallest absolute Gasteiger partial charge is 0.213 e. The van der Waals surface area contributed by atoms with E-state index in [0.717, 1.165) is 22.8 Å². The Hall–Kier alpha value is -1.90. The molecule has 1 aromatic carbocycles. The van der Waals surface area contributed by atoms with Crippen molar-refractivity contribution in [2.24, 2.45) is 0 Å². The van der Waals surface area contributed by atoms with Gasteiger partial charge in [-0.2, -0.15) is 0 Å². The molecule has 0 aliphatic heterocycles. The molecule has 2 aromatic rings. The van der Waals surface area contributed by atoms with Crippen LogP contribution in [0.2, 0.25) is 0 Å². The zero-order chi connectivity index (χ0) is 10.8. The Morgan fingerprint density at radius 1 is 1.33 bits per heavy atom. The fraction of sp³-hybridized carbons (Fsp3) is 0.167. The van der Waals surface area contributed by atoms with E-state index in [1.165, 1.54) is 0 Å². The molecule has 0 atom stereocenters. The highest BCUT2D eigenvalue weighted by Gasteiger charge is 2.03. The monoisotopic (exact) mass is 201 g/mol. The van der Waals surface area contributed by atoms with E-state index in [9.17, 15) is 4.79 Å². The van der Waals surface area contributed by atoms with Gasteiger partial charge in [0.15, 0.2) is 0 Å². The molecule has 0 saturated heterocycles. The molecule has 2 rings (SSSR count). The van der Waals surface area contributed by atoms with Crippen LogP contribution in [0, 0.1) is 6.92 Å². The zero-order valence-electron chi connectivity index (χ0n) is 8.65. The van der Waals surface area contributed by atoms with E-state index >= 15 is 0 Å². The molecule has 1 heterocycles. The summed E-state index contributed by atoms with van der Waals surface area (Å²) >= 11 is 0. The number of benzene rings is 1. The molecule has 0 amide bonds. The quantitative estimate of drug-likeness (QED) is 0.700. The van der Waals surface area contributed by atoms with E-state index in [2.05, 4.69) is 4.98 Å². The lowest BCUT2D eigenvalue weighted by Crippen LogP contribution is -1.91. The van der Waals surface area contributed by atoms with Crippen LogP contribution in [0.5, 0.6) is 5.88 Å². The van der Waals surface area contributed by atoms with Crippen LogP contribution in [0.25, 0.3) is 10.9 Å². The summed E-state index contributed by atoms with van der Waals surface area (Å²) in [4.78, 5) is 15.0. The number of fused-ring (bicyclic) bond motifs is 1. The minimum absolute atomic E-state index is 0.587. The largest absolute Gasteiger partial charge is 0.481 e. The number of carbonyl (C=O) groups excluding carboxylic acids is 1. The average molecular weight is 201 g/mol. The highest BCUT2D eigenvalue weighted by Crippen LogP contribution is 2.21. The maximum atomic E-state index is 10.7. The second-order valence-electron chi connectivity index (χ2n) is 3.38. The Labute approximate surface area is 87.7 Å². The third kappa shape index (κ3) is 1.68. The summed E-state index contributed by atoms with van der Waals surface area (Å²) in [5, 5.41) is 0.956. The van der Waals surface area contributed by atoms with Crippen LogP contribution in [0.4, 0.5) is 0 Å². The Balaban J connectivity index is 2.73. The van der Waals surface area contributed by atoms with Gasteiger partial charge in [-0.25, -0.2) is 4.98 Å². The van der Waals surface area contributed by atoms with Gasteiger partial charge in [0.1, 0.15) is 6.29 Å². The number of methoxy groups -OCH3 is 1. The minimum atomic E-state index is 0.587. The van der Waals surface area contributed by atoms with Crippen molar-refractivity contribution in [3.63, 3.8) is 0 Å². The van der Waals surface area contributed by atoms with Gasteiger partial charge in [0.05, 0.1) is 12.6 Å². The molecule has 0 N–H and O–H groups in total. The normalized spacial score (nSPS) is 10.3. The Bertz CT molecular complexity index is 520. The van der Waals surface area contributed by atoms with E-state index in [4.69, 9.17) is 4.74 Å². The molecule has 0 radical (unpaired) electrons. The van der Waals surface area contributed by atoms with Gasteiger partial charge in [-0.3, -0.25) is 4.79 Å². The molecule has 0 spiro atoms. The zero-order valence-corrected chi connectivity index (χ0v) is 8.65. The summed E-state index contributed by atoms with van der Waals surface area (Å²) < 4.78 is 5.05. The number of pyridine rings is 1. The van der Waals surface area contributed by atoms with E-state index in [1.54, 1.807) is 13.2 Å². The molecule has 0 aliphatic carbocycles. The summed E-state index contributed by atoms with van der Waals surface area (Å²) in [5.41, 5.74) is 2.53. The summed E-state index contributed by atoms with van der Waals surface area (Å²) in [5.74, 6) is 0.587. The van der Waals surface area contributed by atoms with E-state index in [0.29, 0.717) is 11.4 Å². The maximum absolute atomic E-state index is 10.7. The van der Waals surface area contributed by atoms with Crippen molar-refractivity contribution < 1.29 is 9.53 Å². The first-order valence-corrected chi connectivity index (χ1v) is 4.65. The first-order valence-electron chi connectivity index (χ1n) is 4.65. The van der Waals surface area contributed by atoms with Crippen LogP contribution in [0.15, 0.2) is 24.3 Å². The standard InChI is InChI=1S/C12H11NO2/c1-8-5-9(7-14)6-10-3-4-11(15-2)13-12(8)10/h3-7H,1-2H3. The van der Waals surface area contributed by atoms with Crippen LogP contribution >= 0.6 is 0 Å². The summed E-state index contributed by atoms with van der Waals surface area (Å²) in [6, 6.07) is 7.33. The topological polar surface area (TPSA) is 39.2 Å². The number of carbonyl (C=O) groups is 1. The Kier molecular flexibility index (Phi) is 2.37. The molecular formula is C12H11NO2. The van der Waals surface area contributed by atoms with Crippen molar-refractivity contribution >= 4 is 17.2 Å². The molecule has 76 valence electrons. The van der Waals surface area contributed by atoms with Gasteiger partial charge < -0.3 is 4.74 Å².